The highest BCUT2D eigenvalue weighted by atomic mass is 79.9. The lowest BCUT2D eigenvalue weighted by Crippen LogP contribution is -2.11. The van der Waals surface area contributed by atoms with Gasteiger partial charge in [-0.05, 0) is 47.1 Å². The van der Waals surface area contributed by atoms with Gasteiger partial charge in [0.25, 0.3) is 5.91 Å². The third kappa shape index (κ3) is 3.54. The average molecular weight is 332 g/mol. The highest BCUT2D eigenvalue weighted by molar-refractivity contribution is 9.10. The van der Waals surface area contributed by atoms with Crippen LogP contribution in [0.4, 0.5) is 0 Å². The van der Waals surface area contributed by atoms with E-state index < -0.39 is 0 Å². The van der Waals surface area contributed by atoms with Crippen molar-refractivity contribution in [2.24, 2.45) is 4.99 Å². The van der Waals surface area contributed by atoms with Crippen molar-refractivity contribution in [3.8, 4) is 0 Å². The maximum atomic E-state index is 12.1. The highest BCUT2D eigenvalue weighted by Gasteiger charge is 2.12. The number of nitrogens with zero attached hydrogens (tertiary/aromatic N) is 1. The maximum absolute atomic E-state index is 12.1. The molecule has 2 rings (SSSR count). The lowest BCUT2D eigenvalue weighted by Gasteiger charge is -2.08. The van der Waals surface area contributed by atoms with E-state index in [1.54, 1.807) is 12.1 Å². The van der Waals surface area contributed by atoms with E-state index in [1.807, 2.05) is 49.4 Å². The van der Waals surface area contributed by atoms with Crippen LogP contribution in [0.15, 0.2) is 64.1 Å². The fourth-order valence-corrected chi connectivity index (χ4v) is 2.13. The summed E-state index contributed by atoms with van der Waals surface area (Å²) in [7, 11) is 0. The number of hydrogen-bond acceptors (Lipinski definition) is 2. The van der Waals surface area contributed by atoms with Crippen LogP contribution in [0.1, 0.15) is 22.8 Å². The Labute approximate surface area is 126 Å². The molecular formula is C16H14BrNO2. The lowest BCUT2D eigenvalue weighted by molar-refractivity contribution is 0.0999. The molecule has 3 nitrogen and oxygen atoms in total. The molecule has 0 spiro atoms. The summed E-state index contributed by atoms with van der Waals surface area (Å²) in [5.41, 5.74) is 1.30. The van der Waals surface area contributed by atoms with E-state index in [9.17, 15) is 4.79 Å². The van der Waals surface area contributed by atoms with Gasteiger partial charge in [-0.15, -0.1) is 0 Å². The van der Waals surface area contributed by atoms with Crippen molar-refractivity contribution in [1.82, 2.24) is 0 Å². The van der Waals surface area contributed by atoms with Crippen LogP contribution in [0.2, 0.25) is 0 Å². The predicted molar refractivity (Wildman–Crippen MR) is 83.1 cm³/mol. The van der Waals surface area contributed by atoms with Gasteiger partial charge in [0.2, 0.25) is 5.90 Å². The van der Waals surface area contributed by atoms with Crippen LogP contribution in [0.25, 0.3) is 0 Å². The van der Waals surface area contributed by atoms with Gasteiger partial charge in [0.15, 0.2) is 0 Å². The molecule has 0 heterocycles. The average Bonchev–Trinajstić information content (AvgIpc) is 2.48. The number of aliphatic imine (C=N–C) groups is 1. The van der Waals surface area contributed by atoms with Crippen molar-refractivity contribution in [3.63, 3.8) is 0 Å². The second-order valence-electron chi connectivity index (χ2n) is 4.00. The van der Waals surface area contributed by atoms with Gasteiger partial charge in [-0.2, -0.15) is 4.99 Å². The minimum atomic E-state index is -0.315. The number of carbonyl (C=O) groups excluding carboxylic acids is 1. The highest BCUT2D eigenvalue weighted by Crippen LogP contribution is 2.18. The molecule has 2 aromatic rings. The Hall–Kier alpha value is -1.94. The van der Waals surface area contributed by atoms with Gasteiger partial charge in [-0.25, -0.2) is 0 Å². The quantitative estimate of drug-likeness (QED) is 0.628. The normalized spacial score (nSPS) is 11.2. The molecule has 102 valence electrons. The molecule has 0 saturated heterocycles. The molecule has 0 aromatic heterocycles. The van der Waals surface area contributed by atoms with Gasteiger partial charge in [0, 0.05) is 10.0 Å². The van der Waals surface area contributed by atoms with Crippen LogP contribution < -0.4 is 0 Å². The monoisotopic (exact) mass is 331 g/mol. The van der Waals surface area contributed by atoms with Crippen LogP contribution in [0, 0.1) is 0 Å². The minimum Gasteiger partial charge on any atom is -0.477 e. The Morgan fingerprint density at radius 2 is 1.75 bits per heavy atom. The molecule has 0 saturated carbocycles. The number of benzene rings is 2. The zero-order valence-electron chi connectivity index (χ0n) is 11.0. The molecule has 0 bridgehead atoms. The summed E-state index contributed by atoms with van der Waals surface area (Å²) in [5, 5.41) is 0. The van der Waals surface area contributed by atoms with Crippen molar-refractivity contribution >= 4 is 27.7 Å². The van der Waals surface area contributed by atoms with Crippen molar-refractivity contribution in [2.75, 3.05) is 6.61 Å². The number of halogens is 1. The van der Waals surface area contributed by atoms with Gasteiger partial charge in [-0.1, -0.05) is 30.3 Å². The molecule has 0 aliphatic rings. The molecular weight excluding hydrogens is 318 g/mol. The van der Waals surface area contributed by atoms with Crippen molar-refractivity contribution in [2.45, 2.75) is 6.92 Å². The van der Waals surface area contributed by atoms with Crippen LogP contribution in [0.3, 0.4) is 0 Å². The summed E-state index contributed by atoms with van der Waals surface area (Å²) in [6.07, 6.45) is 0. The summed E-state index contributed by atoms with van der Waals surface area (Å²) in [6, 6.07) is 16.5. The Morgan fingerprint density at radius 1 is 1.10 bits per heavy atom. The molecule has 0 fully saturated rings. The molecule has 4 heteroatoms. The van der Waals surface area contributed by atoms with Crippen molar-refractivity contribution in [1.29, 1.82) is 0 Å². The Kier molecular flexibility index (Phi) is 5.07. The maximum Gasteiger partial charge on any atom is 0.280 e. The zero-order valence-corrected chi connectivity index (χ0v) is 12.6. The van der Waals surface area contributed by atoms with Gasteiger partial charge in [-0.3, -0.25) is 4.79 Å². The van der Waals surface area contributed by atoms with Crippen LogP contribution >= 0.6 is 15.9 Å². The first-order valence-corrected chi connectivity index (χ1v) is 7.07. The van der Waals surface area contributed by atoms with Crippen LogP contribution in [0.5, 0.6) is 0 Å². The molecule has 0 aliphatic heterocycles. The third-order valence-corrected chi connectivity index (χ3v) is 3.30. The molecule has 0 aliphatic carbocycles. The van der Waals surface area contributed by atoms with E-state index >= 15 is 0 Å². The van der Waals surface area contributed by atoms with Gasteiger partial charge >= 0.3 is 0 Å². The van der Waals surface area contributed by atoms with Crippen molar-refractivity contribution < 1.29 is 9.53 Å². The van der Waals surface area contributed by atoms with E-state index in [0.29, 0.717) is 18.1 Å². The fourth-order valence-electron chi connectivity index (χ4n) is 1.68. The molecule has 0 radical (unpaired) electrons. The summed E-state index contributed by atoms with van der Waals surface area (Å²) >= 11 is 3.44. The summed E-state index contributed by atoms with van der Waals surface area (Å²) in [6.45, 7) is 2.31. The molecule has 0 atom stereocenters. The molecule has 20 heavy (non-hydrogen) atoms. The number of hydrogen-bond donors (Lipinski definition) is 0. The second-order valence-corrected chi connectivity index (χ2v) is 4.86. The molecule has 0 unspecified atom stereocenters. The Morgan fingerprint density at radius 3 is 2.40 bits per heavy atom. The smallest absolute Gasteiger partial charge is 0.280 e. The van der Waals surface area contributed by atoms with E-state index in [4.69, 9.17) is 4.74 Å². The second kappa shape index (κ2) is 7.01. The summed E-state index contributed by atoms with van der Waals surface area (Å²) in [4.78, 5) is 16.2. The summed E-state index contributed by atoms with van der Waals surface area (Å²) < 4.78 is 6.34. The van der Waals surface area contributed by atoms with Gasteiger partial charge in [0.05, 0.1) is 12.2 Å². The molecule has 0 N–H and O–H groups in total. The topological polar surface area (TPSA) is 38.7 Å². The third-order valence-electron chi connectivity index (χ3n) is 2.61. The van der Waals surface area contributed by atoms with Crippen LogP contribution in [-0.4, -0.2) is 18.4 Å². The molecule has 2 aromatic carbocycles. The zero-order chi connectivity index (χ0) is 14.4. The molecule has 1 amide bonds. The predicted octanol–water partition coefficient (Wildman–Crippen LogP) is 4.07. The minimum absolute atomic E-state index is 0.315. The largest absolute Gasteiger partial charge is 0.477 e. The van der Waals surface area contributed by atoms with Crippen molar-refractivity contribution in [3.05, 3.63) is 70.2 Å². The van der Waals surface area contributed by atoms with E-state index in [2.05, 4.69) is 20.9 Å². The summed E-state index contributed by atoms with van der Waals surface area (Å²) in [5.74, 6) is 0.0126. The van der Waals surface area contributed by atoms with E-state index in [0.717, 1.165) is 10.0 Å². The van der Waals surface area contributed by atoms with Gasteiger partial charge < -0.3 is 4.74 Å². The first-order chi connectivity index (χ1) is 9.72. The van der Waals surface area contributed by atoms with E-state index in [1.165, 1.54) is 0 Å². The number of amides is 1. The Balaban J connectivity index is 2.36. The SMILES string of the molecule is CCO/C(=N\C(=O)c1ccccc1)c1ccccc1Br. The number of rotatable bonds is 3. The van der Waals surface area contributed by atoms with Gasteiger partial charge in [0.1, 0.15) is 0 Å². The first-order valence-electron chi connectivity index (χ1n) is 6.28. The number of carbonyl (C=O) groups is 1. The fraction of sp³-hybridized carbons (Fsp3) is 0.125. The Bertz CT molecular complexity index is 623. The van der Waals surface area contributed by atoms with Crippen LogP contribution in [-0.2, 0) is 4.74 Å². The van der Waals surface area contributed by atoms with E-state index in [-0.39, 0.29) is 5.91 Å². The number of ether oxygens (including phenoxy) is 1. The lowest BCUT2D eigenvalue weighted by atomic mass is 10.2. The first kappa shape index (κ1) is 14.5. The standard InChI is InChI=1S/C16H14BrNO2/c1-2-20-16(13-10-6-7-11-14(13)17)18-15(19)12-8-4-3-5-9-12/h3-11H,2H2,1H3/b18-16-.